The lowest BCUT2D eigenvalue weighted by Crippen LogP contribution is -2.27. The predicted molar refractivity (Wildman–Crippen MR) is 98.3 cm³/mol. The van der Waals surface area contributed by atoms with Crippen LogP contribution >= 0.6 is 22.9 Å². The molecule has 0 unspecified atom stereocenters. The highest BCUT2D eigenvalue weighted by Gasteiger charge is 2.21. The predicted octanol–water partition coefficient (Wildman–Crippen LogP) is 3.53. The van der Waals surface area contributed by atoms with E-state index in [1.165, 1.54) is 17.4 Å². The number of rotatable bonds is 6. The monoisotopic (exact) mass is 386 g/mol. The summed E-state index contributed by atoms with van der Waals surface area (Å²) < 4.78 is 27.8. The Kier molecular flexibility index (Phi) is 5.90. The van der Waals surface area contributed by atoms with Crippen molar-refractivity contribution in [1.82, 2.24) is 4.90 Å². The van der Waals surface area contributed by atoms with E-state index in [9.17, 15) is 13.2 Å². The number of anilines is 1. The number of likely N-dealkylation sites (N-methyl/N-ethyl adjacent to an activating group) is 1. The first kappa shape index (κ1) is 18.8. The average Bonchev–Trinajstić information content (AvgIpc) is 2.95. The van der Waals surface area contributed by atoms with Crippen LogP contribution in [0.3, 0.4) is 0 Å². The van der Waals surface area contributed by atoms with Gasteiger partial charge in [-0.1, -0.05) is 17.7 Å². The molecule has 1 heterocycles. The smallest absolute Gasteiger partial charge is 0.262 e. The van der Waals surface area contributed by atoms with Gasteiger partial charge in [-0.3, -0.25) is 9.52 Å². The Morgan fingerprint density at radius 3 is 2.71 bits per heavy atom. The van der Waals surface area contributed by atoms with Crippen molar-refractivity contribution in [3.05, 3.63) is 45.1 Å². The number of thiophene rings is 1. The molecule has 0 saturated carbocycles. The number of halogens is 1. The molecule has 0 aliphatic heterocycles. The van der Waals surface area contributed by atoms with Crippen molar-refractivity contribution in [3.63, 3.8) is 0 Å². The number of hydrogen-bond donors (Lipinski definition) is 1. The van der Waals surface area contributed by atoms with Crippen molar-refractivity contribution in [1.29, 1.82) is 0 Å². The Morgan fingerprint density at radius 2 is 2.04 bits per heavy atom. The normalized spacial score (nSPS) is 11.3. The van der Waals surface area contributed by atoms with Crippen molar-refractivity contribution in [2.45, 2.75) is 25.2 Å². The molecule has 1 aromatic heterocycles. The van der Waals surface area contributed by atoms with Crippen LogP contribution in [0.1, 0.15) is 17.4 Å². The van der Waals surface area contributed by atoms with E-state index < -0.39 is 10.0 Å². The first-order valence-corrected chi connectivity index (χ1v) is 10.1. The molecule has 0 radical (unpaired) electrons. The van der Waals surface area contributed by atoms with Gasteiger partial charge >= 0.3 is 0 Å². The fourth-order valence-corrected chi connectivity index (χ4v) is 4.57. The van der Waals surface area contributed by atoms with Crippen LogP contribution in [-0.2, 0) is 21.2 Å². The van der Waals surface area contributed by atoms with E-state index in [1.54, 1.807) is 42.5 Å². The van der Waals surface area contributed by atoms with Crippen molar-refractivity contribution < 1.29 is 13.2 Å². The lowest BCUT2D eigenvalue weighted by atomic mass is 10.2. The number of nitrogens with zero attached hydrogens (tertiary/aromatic N) is 1. The second-order valence-corrected chi connectivity index (χ2v) is 8.37. The molecule has 1 amide bonds. The maximum atomic E-state index is 12.6. The highest BCUT2D eigenvalue weighted by atomic mass is 35.5. The second kappa shape index (κ2) is 7.55. The van der Waals surface area contributed by atoms with Crippen LogP contribution in [0.2, 0.25) is 5.02 Å². The van der Waals surface area contributed by atoms with Crippen LogP contribution < -0.4 is 4.72 Å². The molecule has 2 rings (SSSR count). The Hall–Kier alpha value is -1.57. The van der Waals surface area contributed by atoms with Crippen molar-refractivity contribution in [2.75, 3.05) is 18.3 Å². The molecule has 0 aliphatic rings. The van der Waals surface area contributed by atoms with Gasteiger partial charge in [0.1, 0.15) is 0 Å². The largest absolute Gasteiger partial charge is 0.346 e. The third kappa shape index (κ3) is 4.09. The minimum Gasteiger partial charge on any atom is -0.346 e. The number of amides is 1. The van der Waals surface area contributed by atoms with Crippen LogP contribution in [0.5, 0.6) is 0 Å². The molecule has 8 heteroatoms. The Balaban J connectivity index is 2.27. The first-order valence-electron chi connectivity index (χ1n) is 7.34. The molecule has 0 bridgehead atoms. The summed E-state index contributed by atoms with van der Waals surface area (Å²) in [5, 5.41) is 2.15. The standard InChI is InChI=1S/C16H19ClN2O3S2/c1-4-19(3)16(20)10-14-13(8-9-23-14)18-24(21,22)15-7-5-6-12(17)11(15)2/h5-9,18H,4,10H2,1-3H3. The molecule has 1 N–H and O–H groups in total. The SMILES string of the molecule is CCN(C)C(=O)Cc1sccc1NS(=O)(=O)c1cccc(Cl)c1C. The van der Waals surface area contributed by atoms with Gasteiger partial charge in [-0.15, -0.1) is 11.3 Å². The number of carbonyl (C=O) groups excluding carboxylic acids is 1. The molecule has 0 spiro atoms. The summed E-state index contributed by atoms with van der Waals surface area (Å²) >= 11 is 7.36. The topological polar surface area (TPSA) is 66.5 Å². The van der Waals surface area contributed by atoms with Crippen LogP contribution in [0.4, 0.5) is 5.69 Å². The number of sulfonamides is 1. The van der Waals surface area contributed by atoms with Crippen molar-refractivity contribution in [3.8, 4) is 0 Å². The summed E-state index contributed by atoms with van der Waals surface area (Å²) in [4.78, 5) is 14.5. The summed E-state index contributed by atoms with van der Waals surface area (Å²) in [6.07, 6.45) is 0.161. The average molecular weight is 387 g/mol. The van der Waals surface area contributed by atoms with E-state index in [0.717, 1.165) is 0 Å². The summed E-state index contributed by atoms with van der Waals surface area (Å²) in [6, 6.07) is 6.41. The van der Waals surface area contributed by atoms with Gasteiger partial charge in [0.25, 0.3) is 10.0 Å². The van der Waals surface area contributed by atoms with Gasteiger partial charge in [0.15, 0.2) is 0 Å². The van der Waals surface area contributed by atoms with E-state index in [1.807, 2.05) is 6.92 Å². The zero-order chi connectivity index (χ0) is 17.9. The van der Waals surface area contributed by atoms with Crippen molar-refractivity contribution >= 4 is 44.6 Å². The number of carbonyl (C=O) groups is 1. The fourth-order valence-electron chi connectivity index (χ4n) is 2.10. The van der Waals surface area contributed by atoms with E-state index in [4.69, 9.17) is 11.6 Å². The van der Waals surface area contributed by atoms with Gasteiger partial charge in [0, 0.05) is 23.5 Å². The molecule has 0 saturated heterocycles. The summed E-state index contributed by atoms with van der Waals surface area (Å²) in [6.45, 7) is 4.15. The fraction of sp³-hybridized carbons (Fsp3) is 0.312. The molecule has 5 nitrogen and oxygen atoms in total. The van der Waals surface area contributed by atoms with E-state index in [-0.39, 0.29) is 17.2 Å². The summed E-state index contributed by atoms with van der Waals surface area (Å²) in [7, 11) is -2.06. The van der Waals surface area contributed by atoms with Gasteiger partial charge in [0.05, 0.1) is 17.0 Å². The van der Waals surface area contributed by atoms with Crippen LogP contribution in [0.15, 0.2) is 34.5 Å². The molecule has 2 aromatic rings. The first-order chi connectivity index (χ1) is 11.3. The molecule has 0 aliphatic carbocycles. The van der Waals surface area contributed by atoms with Crippen LogP contribution in [0, 0.1) is 6.92 Å². The van der Waals surface area contributed by atoms with Gasteiger partial charge in [-0.25, -0.2) is 8.42 Å². The molecular weight excluding hydrogens is 368 g/mol. The molecule has 24 heavy (non-hydrogen) atoms. The zero-order valence-electron chi connectivity index (χ0n) is 13.7. The van der Waals surface area contributed by atoms with E-state index in [2.05, 4.69) is 4.72 Å². The lowest BCUT2D eigenvalue weighted by molar-refractivity contribution is -0.128. The summed E-state index contributed by atoms with van der Waals surface area (Å²) in [5.74, 6) is -0.0562. The highest BCUT2D eigenvalue weighted by Crippen LogP contribution is 2.28. The van der Waals surface area contributed by atoms with E-state index in [0.29, 0.717) is 27.7 Å². The quantitative estimate of drug-likeness (QED) is 0.825. The minimum atomic E-state index is -3.77. The molecule has 130 valence electrons. The van der Waals surface area contributed by atoms with Crippen molar-refractivity contribution in [2.24, 2.45) is 0 Å². The highest BCUT2D eigenvalue weighted by molar-refractivity contribution is 7.92. The van der Waals surface area contributed by atoms with E-state index >= 15 is 0 Å². The minimum absolute atomic E-state index is 0.0562. The Bertz CT molecular complexity index is 847. The third-order valence-corrected chi connectivity index (χ3v) is 6.55. The maximum Gasteiger partial charge on any atom is 0.262 e. The molecule has 0 atom stereocenters. The van der Waals surface area contributed by atoms with Gasteiger partial charge in [-0.2, -0.15) is 0 Å². The Labute approximate surface area is 151 Å². The Morgan fingerprint density at radius 1 is 1.33 bits per heavy atom. The number of benzene rings is 1. The van der Waals surface area contributed by atoms with Gasteiger partial charge in [0.2, 0.25) is 5.91 Å². The molecular formula is C16H19ClN2O3S2. The summed E-state index contributed by atoms with van der Waals surface area (Å²) in [5.41, 5.74) is 0.919. The van der Waals surface area contributed by atoms with Gasteiger partial charge in [-0.05, 0) is 43.0 Å². The number of hydrogen-bond acceptors (Lipinski definition) is 4. The molecule has 0 fully saturated rings. The van der Waals surface area contributed by atoms with Gasteiger partial charge < -0.3 is 4.90 Å². The third-order valence-electron chi connectivity index (χ3n) is 3.71. The van der Waals surface area contributed by atoms with Crippen LogP contribution in [0.25, 0.3) is 0 Å². The number of nitrogens with one attached hydrogen (secondary N) is 1. The molecule has 1 aromatic carbocycles. The maximum absolute atomic E-state index is 12.6. The zero-order valence-corrected chi connectivity index (χ0v) is 16.1. The second-order valence-electron chi connectivity index (χ2n) is 5.31. The van der Waals surface area contributed by atoms with Crippen LogP contribution in [-0.4, -0.2) is 32.8 Å². The lowest BCUT2D eigenvalue weighted by Gasteiger charge is -2.15.